The van der Waals surface area contributed by atoms with E-state index in [1.807, 2.05) is 26.0 Å². The van der Waals surface area contributed by atoms with E-state index in [9.17, 15) is 9.59 Å². The van der Waals surface area contributed by atoms with Crippen LogP contribution in [0.4, 0.5) is 0 Å². The lowest BCUT2D eigenvalue weighted by atomic mass is 10.1. The molecule has 0 aromatic heterocycles. The number of hydrogen-bond donors (Lipinski definition) is 1. The van der Waals surface area contributed by atoms with Gasteiger partial charge in [0, 0.05) is 33.2 Å². The summed E-state index contributed by atoms with van der Waals surface area (Å²) in [6.07, 6.45) is 1.25. The highest BCUT2D eigenvalue weighted by atomic mass is 79.9. The molecular formula is C22H25BrCl2N2O3. The number of hydrogen-bond acceptors (Lipinski definition) is 3. The van der Waals surface area contributed by atoms with Crippen LogP contribution in [0.15, 0.2) is 46.9 Å². The number of nitrogens with one attached hydrogen (secondary N) is 1. The zero-order valence-corrected chi connectivity index (χ0v) is 20.1. The largest absolute Gasteiger partial charge is 0.484 e. The lowest BCUT2D eigenvalue weighted by Crippen LogP contribution is -2.50. The Hall–Kier alpha value is -1.76. The van der Waals surface area contributed by atoms with E-state index in [2.05, 4.69) is 21.2 Å². The van der Waals surface area contributed by atoms with Gasteiger partial charge in [0.1, 0.15) is 11.8 Å². The number of rotatable bonds is 10. The summed E-state index contributed by atoms with van der Waals surface area (Å²) in [4.78, 5) is 27.3. The molecule has 1 N–H and O–H groups in total. The maximum absolute atomic E-state index is 13.1. The van der Waals surface area contributed by atoms with Gasteiger partial charge in [-0.25, -0.2) is 0 Å². The fourth-order valence-electron chi connectivity index (χ4n) is 2.90. The maximum Gasteiger partial charge on any atom is 0.261 e. The highest BCUT2D eigenvalue weighted by molar-refractivity contribution is 9.10. The van der Waals surface area contributed by atoms with E-state index in [-0.39, 0.29) is 25.0 Å². The summed E-state index contributed by atoms with van der Waals surface area (Å²) in [5.41, 5.74) is 0.597. The highest BCUT2D eigenvalue weighted by Gasteiger charge is 2.29. The molecule has 0 bridgehead atoms. The molecule has 0 saturated heterocycles. The average molecular weight is 516 g/mol. The molecule has 0 spiro atoms. The molecule has 0 heterocycles. The Balaban J connectivity index is 2.25. The lowest BCUT2D eigenvalue weighted by Gasteiger charge is -2.31. The molecule has 0 aliphatic carbocycles. The average Bonchev–Trinajstić information content (AvgIpc) is 2.73. The van der Waals surface area contributed by atoms with Gasteiger partial charge in [0.2, 0.25) is 5.91 Å². The number of ether oxygens (including phenoxy) is 1. The van der Waals surface area contributed by atoms with Crippen LogP contribution < -0.4 is 10.1 Å². The van der Waals surface area contributed by atoms with E-state index in [0.29, 0.717) is 34.3 Å². The summed E-state index contributed by atoms with van der Waals surface area (Å²) in [6, 6.07) is 11.7. The minimum Gasteiger partial charge on any atom is -0.484 e. The summed E-state index contributed by atoms with van der Waals surface area (Å²) in [6.45, 7) is 4.28. The molecule has 0 saturated carbocycles. The van der Waals surface area contributed by atoms with Crippen molar-refractivity contribution in [2.45, 2.75) is 39.3 Å². The van der Waals surface area contributed by atoms with Crippen molar-refractivity contribution in [3.8, 4) is 5.75 Å². The molecular weight excluding hydrogens is 491 g/mol. The number of nitrogens with zero attached hydrogens (tertiary/aromatic N) is 1. The van der Waals surface area contributed by atoms with Crippen LogP contribution in [0.3, 0.4) is 0 Å². The third-order valence-corrected chi connectivity index (χ3v) is 5.74. The Morgan fingerprint density at radius 3 is 2.30 bits per heavy atom. The standard InChI is InChI=1S/C22H25BrCl2N2O3/c1-3-12-26-22(29)20(4-2)27(13-17-18(24)6-5-7-19(17)25)21(28)14-30-16-10-8-15(23)9-11-16/h5-11,20H,3-4,12-14H2,1-2H3,(H,26,29). The van der Waals surface area contributed by atoms with Crippen LogP contribution in [0, 0.1) is 0 Å². The third-order valence-electron chi connectivity index (χ3n) is 4.50. The van der Waals surface area contributed by atoms with Gasteiger partial charge in [0.15, 0.2) is 6.61 Å². The lowest BCUT2D eigenvalue weighted by molar-refractivity contribution is -0.143. The second-order valence-corrected chi connectivity index (χ2v) is 8.41. The quantitative estimate of drug-likeness (QED) is 0.456. The van der Waals surface area contributed by atoms with Gasteiger partial charge in [-0.1, -0.05) is 59.0 Å². The van der Waals surface area contributed by atoms with Gasteiger partial charge in [0.25, 0.3) is 5.91 Å². The first-order chi connectivity index (χ1) is 14.4. The Labute approximate surface area is 195 Å². The molecule has 2 amide bonds. The molecule has 1 unspecified atom stereocenters. The molecule has 0 fully saturated rings. The molecule has 2 aromatic rings. The highest BCUT2D eigenvalue weighted by Crippen LogP contribution is 2.27. The first-order valence-corrected chi connectivity index (χ1v) is 11.3. The van der Waals surface area contributed by atoms with E-state index in [1.54, 1.807) is 30.3 Å². The summed E-state index contributed by atoms with van der Waals surface area (Å²) in [5.74, 6) is 0.0256. The summed E-state index contributed by atoms with van der Waals surface area (Å²) in [7, 11) is 0. The molecule has 1 atom stereocenters. The predicted molar refractivity (Wildman–Crippen MR) is 124 cm³/mol. The SMILES string of the molecule is CCCNC(=O)C(CC)N(Cc1c(Cl)cccc1Cl)C(=O)COc1ccc(Br)cc1. The fraction of sp³-hybridized carbons (Fsp3) is 0.364. The second kappa shape index (κ2) is 12.2. The van der Waals surface area contributed by atoms with Gasteiger partial charge < -0.3 is 15.0 Å². The predicted octanol–water partition coefficient (Wildman–Crippen LogP) is 5.47. The number of carbonyl (C=O) groups excluding carboxylic acids is 2. The molecule has 2 aromatic carbocycles. The summed E-state index contributed by atoms with van der Waals surface area (Å²) < 4.78 is 6.56. The van der Waals surface area contributed by atoms with Crippen LogP contribution in [0.25, 0.3) is 0 Å². The molecule has 5 nitrogen and oxygen atoms in total. The van der Waals surface area contributed by atoms with Crippen LogP contribution in [0.2, 0.25) is 10.0 Å². The first kappa shape index (κ1) is 24.5. The van der Waals surface area contributed by atoms with Crippen LogP contribution in [0.1, 0.15) is 32.3 Å². The molecule has 0 radical (unpaired) electrons. The van der Waals surface area contributed by atoms with Crippen molar-refractivity contribution in [1.82, 2.24) is 10.2 Å². The van der Waals surface area contributed by atoms with Gasteiger partial charge in [-0.3, -0.25) is 9.59 Å². The zero-order chi connectivity index (χ0) is 22.1. The molecule has 8 heteroatoms. The van der Waals surface area contributed by atoms with E-state index >= 15 is 0 Å². The van der Waals surface area contributed by atoms with E-state index < -0.39 is 6.04 Å². The van der Waals surface area contributed by atoms with Gasteiger partial charge in [0.05, 0.1) is 0 Å². The van der Waals surface area contributed by atoms with Crippen molar-refractivity contribution in [3.63, 3.8) is 0 Å². The number of amides is 2. The van der Waals surface area contributed by atoms with Crippen molar-refractivity contribution in [1.29, 1.82) is 0 Å². The maximum atomic E-state index is 13.1. The topological polar surface area (TPSA) is 58.6 Å². The van der Waals surface area contributed by atoms with Gasteiger partial charge in [-0.15, -0.1) is 0 Å². The Morgan fingerprint density at radius 1 is 1.10 bits per heavy atom. The molecule has 0 aliphatic heterocycles. The van der Waals surface area contributed by atoms with Gasteiger partial charge in [-0.2, -0.15) is 0 Å². The summed E-state index contributed by atoms with van der Waals surface area (Å²) >= 11 is 16.0. The minimum atomic E-state index is -0.662. The summed E-state index contributed by atoms with van der Waals surface area (Å²) in [5, 5.41) is 3.75. The molecule has 0 aliphatic rings. The number of carbonyl (C=O) groups is 2. The number of halogens is 3. The Bertz CT molecular complexity index is 842. The van der Waals surface area contributed by atoms with E-state index in [1.165, 1.54) is 4.90 Å². The Morgan fingerprint density at radius 2 is 1.73 bits per heavy atom. The van der Waals surface area contributed by atoms with E-state index in [0.717, 1.165) is 10.9 Å². The smallest absolute Gasteiger partial charge is 0.261 e. The van der Waals surface area contributed by atoms with Crippen LogP contribution in [-0.4, -0.2) is 35.9 Å². The Kier molecular flexibility index (Phi) is 9.95. The minimum absolute atomic E-state index is 0.110. The molecule has 2 rings (SSSR count). The van der Waals surface area contributed by atoms with Crippen molar-refractivity contribution < 1.29 is 14.3 Å². The number of benzene rings is 2. The van der Waals surface area contributed by atoms with Crippen molar-refractivity contribution in [2.24, 2.45) is 0 Å². The normalized spacial score (nSPS) is 11.6. The van der Waals surface area contributed by atoms with Crippen LogP contribution >= 0.6 is 39.1 Å². The van der Waals surface area contributed by atoms with Crippen LogP contribution in [0.5, 0.6) is 5.75 Å². The van der Waals surface area contributed by atoms with E-state index in [4.69, 9.17) is 27.9 Å². The first-order valence-electron chi connectivity index (χ1n) is 9.75. The second-order valence-electron chi connectivity index (χ2n) is 6.68. The monoisotopic (exact) mass is 514 g/mol. The molecule has 162 valence electrons. The van der Waals surface area contributed by atoms with Gasteiger partial charge in [-0.05, 0) is 49.2 Å². The fourth-order valence-corrected chi connectivity index (χ4v) is 3.68. The van der Waals surface area contributed by atoms with Crippen molar-refractivity contribution in [3.05, 3.63) is 62.5 Å². The van der Waals surface area contributed by atoms with Gasteiger partial charge >= 0.3 is 0 Å². The van der Waals surface area contributed by atoms with Crippen LogP contribution in [-0.2, 0) is 16.1 Å². The third kappa shape index (κ3) is 6.89. The van der Waals surface area contributed by atoms with Crippen molar-refractivity contribution in [2.75, 3.05) is 13.2 Å². The van der Waals surface area contributed by atoms with Crippen molar-refractivity contribution >= 4 is 50.9 Å². The molecule has 30 heavy (non-hydrogen) atoms. The zero-order valence-electron chi connectivity index (χ0n) is 17.0.